The molecule has 0 atom stereocenters. The number of anilines is 1. The van der Waals surface area contributed by atoms with Crippen LogP contribution >= 0.6 is 0 Å². The van der Waals surface area contributed by atoms with Gasteiger partial charge in [-0.1, -0.05) is 30.3 Å². The Labute approximate surface area is 201 Å². The first-order valence-corrected chi connectivity index (χ1v) is 13.0. The van der Waals surface area contributed by atoms with Crippen molar-refractivity contribution in [2.45, 2.75) is 19.8 Å². The van der Waals surface area contributed by atoms with Crippen molar-refractivity contribution < 1.29 is 22.7 Å². The molecule has 0 saturated heterocycles. The van der Waals surface area contributed by atoms with Crippen molar-refractivity contribution in [2.75, 3.05) is 30.3 Å². The predicted octanol–water partition coefficient (Wildman–Crippen LogP) is 4.39. The molecule has 1 amide bonds. The molecule has 0 bridgehead atoms. The van der Waals surface area contributed by atoms with Crippen molar-refractivity contribution in [1.29, 1.82) is 0 Å². The highest BCUT2D eigenvalue weighted by Gasteiger charge is 2.20. The van der Waals surface area contributed by atoms with E-state index in [1.807, 2.05) is 61.5 Å². The summed E-state index contributed by atoms with van der Waals surface area (Å²) in [4.78, 5) is 12.5. The lowest BCUT2D eigenvalue weighted by Crippen LogP contribution is -2.40. The highest BCUT2D eigenvalue weighted by molar-refractivity contribution is 7.92. The minimum Gasteiger partial charge on any atom is -0.494 e. The molecular formula is C26H30N2O5S. The molecule has 0 aliphatic carbocycles. The summed E-state index contributed by atoms with van der Waals surface area (Å²) >= 11 is 0. The molecule has 3 aromatic carbocycles. The number of hydrogen-bond donors (Lipinski definition) is 1. The second-order valence-corrected chi connectivity index (χ2v) is 9.62. The molecule has 0 aliphatic heterocycles. The molecule has 0 aromatic heterocycles. The van der Waals surface area contributed by atoms with E-state index in [-0.39, 0.29) is 12.5 Å². The quantitative estimate of drug-likeness (QED) is 0.387. The van der Waals surface area contributed by atoms with E-state index in [1.165, 1.54) is 0 Å². The van der Waals surface area contributed by atoms with Gasteiger partial charge in [0.1, 0.15) is 23.8 Å². The van der Waals surface area contributed by atoms with Gasteiger partial charge < -0.3 is 14.8 Å². The molecule has 180 valence electrons. The number of aryl methyl sites for hydroxylation is 1. The fraction of sp³-hybridized carbons (Fsp3) is 0.269. The average Bonchev–Trinajstić information content (AvgIpc) is 2.82. The number of hydrogen-bond acceptors (Lipinski definition) is 5. The van der Waals surface area contributed by atoms with Gasteiger partial charge in [-0.15, -0.1) is 0 Å². The predicted molar refractivity (Wildman–Crippen MR) is 134 cm³/mol. The lowest BCUT2D eigenvalue weighted by atomic mass is 10.1. The summed E-state index contributed by atoms with van der Waals surface area (Å²) in [7, 11) is -3.65. The number of carbonyl (C=O) groups is 1. The van der Waals surface area contributed by atoms with Crippen LogP contribution in [0.4, 0.5) is 5.69 Å². The molecule has 0 aliphatic rings. The Morgan fingerprint density at radius 3 is 2.12 bits per heavy atom. The first-order valence-electron chi connectivity index (χ1n) is 11.1. The number of rotatable bonds is 12. The highest BCUT2D eigenvalue weighted by atomic mass is 32.2. The van der Waals surface area contributed by atoms with E-state index < -0.39 is 10.0 Å². The normalized spacial score (nSPS) is 11.0. The summed E-state index contributed by atoms with van der Waals surface area (Å²) in [5, 5.41) is 2.81. The fourth-order valence-corrected chi connectivity index (χ4v) is 4.19. The Morgan fingerprint density at radius 2 is 1.50 bits per heavy atom. The van der Waals surface area contributed by atoms with Gasteiger partial charge in [0, 0.05) is 6.54 Å². The number of nitrogens with zero attached hydrogens (tertiary/aromatic N) is 1. The summed E-state index contributed by atoms with van der Waals surface area (Å²) in [6.07, 6.45) is 2.62. The summed E-state index contributed by atoms with van der Waals surface area (Å²) in [5.74, 6) is 1.73. The molecule has 0 saturated carbocycles. The van der Waals surface area contributed by atoms with E-state index in [9.17, 15) is 13.2 Å². The van der Waals surface area contributed by atoms with Crippen molar-refractivity contribution in [2.24, 2.45) is 0 Å². The van der Waals surface area contributed by atoms with Crippen molar-refractivity contribution in [3.63, 3.8) is 0 Å². The summed E-state index contributed by atoms with van der Waals surface area (Å²) in [6.45, 7) is 2.73. The van der Waals surface area contributed by atoms with Gasteiger partial charge in [-0.25, -0.2) is 8.42 Å². The molecular weight excluding hydrogens is 452 g/mol. The van der Waals surface area contributed by atoms with Crippen LogP contribution in [-0.2, 0) is 21.2 Å². The minimum absolute atomic E-state index is 0.291. The van der Waals surface area contributed by atoms with Crippen LogP contribution in [0.2, 0.25) is 0 Å². The minimum atomic E-state index is -3.65. The third kappa shape index (κ3) is 7.81. The van der Waals surface area contributed by atoms with Crippen LogP contribution in [-0.4, -0.2) is 40.3 Å². The second-order valence-electron chi connectivity index (χ2n) is 7.71. The zero-order valence-corrected chi connectivity index (χ0v) is 20.3. The maximum absolute atomic E-state index is 12.5. The van der Waals surface area contributed by atoms with E-state index >= 15 is 0 Å². The summed E-state index contributed by atoms with van der Waals surface area (Å²) in [5.41, 5.74) is 1.54. The molecule has 3 aromatic rings. The molecule has 3 rings (SSSR count). The van der Waals surface area contributed by atoms with Crippen molar-refractivity contribution in [3.05, 3.63) is 84.4 Å². The largest absolute Gasteiger partial charge is 0.494 e. The maximum Gasteiger partial charge on any atom is 0.240 e. The topological polar surface area (TPSA) is 84.9 Å². The number of benzene rings is 3. The van der Waals surface area contributed by atoms with Crippen LogP contribution in [0, 0.1) is 0 Å². The molecule has 0 spiro atoms. The Morgan fingerprint density at radius 1 is 0.882 bits per heavy atom. The van der Waals surface area contributed by atoms with E-state index in [4.69, 9.17) is 9.47 Å². The maximum atomic E-state index is 12.5. The fourth-order valence-electron chi connectivity index (χ4n) is 3.33. The van der Waals surface area contributed by atoms with Crippen LogP contribution in [0.15, 0.2) is 78.9 Å². The highest BCUT2D eigenvalue weighted by Crippen LogP contribution is 2.25. The lowest BCUT2D eigenvalue weighted by molar-refractivity contribution is -0.119. The number of para-hydroxylation sites is 1. The third-order valence-electron chi connectivity index (χ3n) is 4.99. The van der Waals surface area contributed by atoms with Crippen molar-refractivity contribution >= 4 is 21.6 Å². The van der Waals surface area contributed by atoms with E-state index in [0.29, 0.717) is 30.3 Å². The summed E-state index contributed by atoms with van der Waals surface area (Å²) in [6, 6.07) is 23.8. The van der Waals surface area contributed by atoms with Crippen LogP contribution in [0.25, 0.3) is 0 Å². The van der Waals surface area contributed by atoms with Crippen molar-refractivity contribution in [1.82, 2.24) is 5.32 Å². The van der Waals surface area contributed by atoms with Gasteiger partial charge in [-0.3, -0.25) is 9.10 Å². The number of amides is 1. The van der Waals surface area contributed by atoms with Gasteiger partial charge in [0.25, 0.3) is 0 Å². The molecule has 1 N–H and O–H groups in total. The molecule has 0 radical (unpaired) electrons. The number of nitrogens with one attached hydrogen (secondary N) is 1. The molecule has 0 heterocycles. The molecule has 0 unspecified atom stereocenters. The van der Waals surface area contributed by atoms with Gasteiger partial charge in [-0.05, 0) is 73.9 Å². The Bertz CT molecular complexity index is 1150. The van der Waals surface area contributed by atoms with Crippen molar-refractivity contribution in [3.8, 4) is 17.2 Å². The van der Waals surface area contributed by atoms with Crippen LogP contribution in [0.1, 0.15) is 18.9 Å². The first kappa shape index (κ1) is 25.1. The van der Waals surface area contributed by atoms with E-state index in [0.717, 1.165) is 34.7 Å². The number of carbonyl (C=O) groups excluding carboxylic acids is 1. The summed E-state index contributed by atoms with van der Waals surface area (Å²) < 4.78 is 36.9. The molecule has 34 heavy (non-hydrogen) atoms. The average molecular weight is 483 g/mol. The molecule has 8 heteroatoms. The SMILES string of the molecule is CCOc1ccc(CCCNC(=O)CN(c2ccc(Oc3ccccc3)cc2)S(C)(=O)=O)cc1. The molecule has 7 nitrogen and oxygen atoms in total. The van der Waals surface area contributed by atoms with Gasteiger partial charge in [-0.2, -0.15) is 0 Å². The van der Waals surface area contributed by atoms with Gasteiger partial charge in [0.2, 0.25) is 15.9 Å². The smallest absolute Gasteiger partial charge is 0.240 e. The van der Waals surface area contributed by atoms with Crippen LogP contribution < -0.4 is 19.1 Å². The van der Waals surface area contributed by atoms with Gasteiger partial charge in [0.05, 0.1) is 18.6 Å². The zero-order chi connectivity index (χ0) is 24.4. The number of ether oxygens (including phenoxy) is 2. The Hall–Kier alpha value is -3.52. The standard InChI is InChI=1S/C26H30N2O5S/c1-3-32-23-15-11-21(12-16-23)8-7-19-27-26(29)20-28(34(2,30)31)22-13-17-25(18-14-22)33-24-9-5-4-6-10-24/h4-6,9-18H,3,7-8,19-20H2,1-2H3,(H,27,29). The first-order chi connectivity index (χ1) is 16.3. The van der Waals surface area contributed by atoms with Gasteiger partial charge >= 0.3 is 0 Å². The van der Waals surface area contributed by atoms with Crippen LogP contribution in [0.3, 0.4) is 0 Å². The molecule has 0 fully saturated rings. The van der Waals surface area contributed by atoms with E-state index in [2.05, 4.69) is 5.32 Å². The monoisotopic (exact) mass is 482 g/mol. The third-order valence-corrected chi connectivity index (χ3v) is 6.13. The van der Waals surface area contributed by atoms with Gasteiger partial charge in [0.15, 0.2) is 0 Å². The van der Waals surface area contributed by atoms with E-state index in [1.54, 1.807) is 24.3 Å². The Kier molecular flexibility index (Phi) is 8.93. The Balaban J connectivity index is 1.51. The lowest BCUT2D eigenvalue weighted by Gasteiger charge is -2.22. The van der Waals surface area contributed by atoms with Crippen LogP contribution in [0.5, 0.6) is 17.2 Å². The number of sulfonamides is 1. The zero-order valence-electron chi connectivity index (χ0n) is 19.4. The second kappa shape index (κ2) is 12.1.